The number of hydrogen-bond donors (Lipinski definition) is 1. The number of halogens is 2. The van der Waals surface area contributed by atoms with E-state index in [1.165, 1.54) is 12.5 Å². The van der Waals surface area contributed by atoms with Gasteiger partial charge in [0.1, 0.15) is 11.6 Å². The summed E-state index contributed by atoms with van der Waals surface area (Å²) in [7, 11) is 0. The van der Waals surface area contributed by atoms with Crippen molar-refractivity contribution in [3.8, 4) is 5.75 Å². The summed E-state index contributed by atoms with van der Waals surface area (Å²) in [5.74, 6) is 0.579. The quantitative estimate of drug-likeness (QED) is 0.910. The van der Waals surface area contributed by atoms with E-state index in [2.05, 4.69) is 15.9 Å². The average Bonchev–Trinajstić information content (AvgIpc) is 3.05. The van der Waals surface area contributed by atoms with Crippen molar-refractivity contribution in [2.75, 3.05) is 0 Å². The molecule has 2 N–H and O–H groups in total. The van der Waals surface area contributed by atoms with E-state index >= 15 is 0 Å². The number of rotatable bonds is 4. The second-order valence-corrected chi connectivity index (χ2v) is 6.73. The van der Waals surface area contributed by atoms with Crippen LogP contribution >= 0.6 is 15.9 Å². The summed E-state index contributed by atoms with van der Waals surface area (Å²) in [4.78, 5) is 0. The maximum absolute atomic E-state index is 13.7. The number of nitrogens with two attached hydrogens (primary N) is 1. The van der Waals surface area contributed by atoms with Gasteiger partial charge in [-0.3, -0.25) is 0 Å². The third-order valence-corrected chi connectivity index (χ3v) is 5.13. The first-order valence-electron chi connectivity index (χ1n) is 6.95. The molecule has 2 saturated carbocycles. The molecule has 0 heterocycles. The van der Waals surface area contributed by atoms with Gasteiger partial charge in [-0.2, -0.15) is 0 Å². The van der Waals surface area contributed by atoms with E-state index in [9.17, 15) is 4.39 Å². The fourth-order valence-corrected chi connectivity index (χ4v) is 3.34. The molecule has 0 radical (unpaired) electrons. The Balaban J connectivity index is 2.01. The Morgan fingerprint density at radius 1 is 1.42 bits per heavy atom. The van der Waals surface area contributed by atoms with Gasteiger partial charge in [-0.25, -0.2) is 4.39 Å². The van der Waals surface area contributed by atoms with Crippen molar-refractivity contribution < 1.29 is 9.13 Å². The van der Waals surface area contributed by atoms with Gasteiger partial charge >= 0.3 is 0 Å². The Morgan fingerprint density at radius 3 is 2.58 bits per heavy atom. The molecule has 104 valence electrons. The van der Waals surface area contributed by atoms with Gasteiger partial charge < -0.3 is 10.5 Å². The zero-order valence-corrected chi connectivity index (χ0v) is 12.7. The molecular formula is C15H19BrFNO. The van der Waals surface area contributed by atoms with Gasteiger partial charge in [0.15, 0.2) is 0 Å². The lowest BCUT2D eigenvalue weighted by Crippen LogP contribution is -2.33. The molecule has 1 unspecified atom stereocenters. The van der Waals surface area contributed by atoms with Crippen LogP contribution in [0.4, 0.5) is 4.39 Å². The Kier molecular flexibility index (Phi) is 3.34. The summed E-state index contributed by atoms with van der Waals surface area (Å²) < 4.78 is 20.5. The van der Waals surface area contributed by atoms with Gasteiger partial charge in [0.25, 0.3) is 0 Å². The van der Waals surface area contributed by atoms with Crippen molar-refractivity contribution >= 4 is 15.9 Å². The minimum atomic E-state index is -0.227. The molecule has 2 aliphatic rings. The van der Waals surface area contributed by atoms with Crippen LogP contribution in [0.3, 0.4) is 0 Å². The fourth-order valence-electron chi connectivity index (χ4n) is 2.81. The lowest BCUT2D eigenvalue weighted by Gasteiger charge is -2.31. The maximum Gasteiger partial charge on any atom is 0.137 e. The Hall–Kier alpha value is -0.610. The van der Waals surface area contributed by atoms with Gasteiger partial charge in [0.05, 0.1) is 10.6 Å². The van der Waals surface area contributed by atoms with E-state index in [1.807, 2.05) is 6.92 Å². The lowest BCUT2D eigenvalue weighted by atomic mass is 9.88. The van der Waals surface area contributed by atoms with Crippen molar-refractivity contribution in [2.45, 2.75) is 56.6 Å². The highest BCUT2D eigenvalue weighted by molar-refractivity contribution is 9.10. The van der Waals surface area contributed by atoms with Crippen molar-refractivity contribution in [1.82, 2.24) is 0 Å². The fraction of sp³-hybridized carbons (Fsp3) is 0.600. The van der Waals surface area contributed by atoms with Crippen LogP contribution in [0.1, 0.15) is 44.6 Å². The summed E-state index contributed by atoms with van der Waals surface area (Å²) in [6.45, 7) is 2.00. The monoisotopic (exact) mass is 327 g/mol. The lowest BCUT2D eigenvalue weighted by molar-refractivity contribution is 0.117. The van der Waals surface area contributed by atoms with Crippen LogP contribution < -0.4 is 10.5 Å². The highest BCUT2D eigenvalue weighted by Gasteiger charge is 2.50. The first kappa shape index (κ1) is 13.4. The number of ether oxygens (including phenoxy) is 1. The van der Waals surface area contributed by atoms with Crippen LogP contribution in [0.2, 0.25) is 0 Å². The normalized spacial score (nSPS) is 22.7. The molecule has 3 rings (SSSR count). The van der Waals surface area contributed by atoms with Crippen LogP contribution in [0.25, 0.3) is 0 Å². The van der Waals surface area contributed by atoms with Crippen LogP contribution in [0, 0.1) is 5.82 Å². The molecule has 0 spiro atoms. The maximum atomic E-state index is 13.7. The minimum Gasteiger partial charge on any atom is -0.489 e. The molecule has 0 aromatic heterocycles. The standard InChI is InChI=1S/C15H19BrFNO/c1-9(18)15(5-6-15)12-7-10(17)8-13(16)14(12)19-11-3-2-4-11/h7-9,11H,2-6,18H2,1H3. The molecule has 0 amide bonds. The van der Waals surface area contributed by atoms with Gasteiger partial charge in [-0.15, -0.1) is 0 Å². The van der Waals surface area contributed by atoms with E-state index < -0.39 is 0 Å². The molecule has 4 heteroatoms. The van der Waals surface area contributed by atoms with Gasteiger partial charge in [-0.05, 0) is 67.1 Å². The topological polar surface area (TPSA) is 35.2 Å². The van der Waals surface area contributed by atoms with Gasteiger partial charge in [-0.1, -0.05) is 0 Å². The molecular weight excluding hydrogens is 309 g/mol. The molecule has 0 aliphatic heterocycles. The third kappa shape index (κ3) is 2.29. The summed E-state index contributed by atoms with van der Waals surface area (Å²) >= 11 is 3.44. The minimum absolute atomic E-state index is 0.0185. The Bertz CT molecular complexity index is 495. The van der Waals surface area contributed by atoms with E-state index in [1.54, 1.807) is 6.07 Å². The van der Waals surface area contributed by atoms with E-state index in [0.717, 1.165) is 37.0 Å². The molecule has 0 bridgehead atoms. The predicted molar refractivity (Wildman–Crippen MR) is 76.9 cm³/mol. The molecule has 2 nitrogen and oxygen atoms in total. The molecule has 2 fully saturated rings. The van der Waals surface area contributed by atoms with Crippen molar-refractivity contribution in [1.29, 1.82) is 0 Å². The average molecular weight is 328 g/mol. The second-order valence-electron chi connectivity index (χ2n) is 5.88. The Morgan fingerprint density at radius 2 is 2.11 bits per heavy atom. The highest BCUT2D eigenvalue weighted by Crippen LogP contribution is 2.55. The molecule has 1 aromatic rings. The van der Waals surface area contributed by atoms with Crippen molar-refractivity contribution in [2.24, 2.45) is 5.73 Å². The first-order chi connectivity index (χ1) is 9.03. The van der Waals surface area contributed by atoms with E-state index in [4.69, 9.17) is 10.5 Å². The van der Waals surface area contributed by atoms with Crippen molar-refractivity contribution in [3.63, 3.8) is 0 Å². The number of benzene rings is 1. The zero-order valence-electron chi connectivity index (χ0n) is 11.1. The largest absolute Gasteiger partial charge is 0.489 e. The van der Waals surface area contributed by atoms with Crippen molar-refractivity contribution in [3.05, 3.63) is 28.0 Å². The summed E-state index contributed by atoms with van der Waals surface area (Å²) in [6, 6.07) is 3.11. The zero-order chi connectivity index (χ0) is 13.6. The molecule has 1 atom stereocenters. The Labute approximate surface area is 121 Å². The predicted octanol–water partition coefficient (Wildman–Crippen LogP) is 3.90. The molecule has 2 aliphatic carbocycles. The number of hydrogen-bond acceptors (Lipinski definition) is 2. The van der Waals surface area contributed by atoms with E-state index in [-0.39, 0.29) is 23.4 Å². The van der Waals surface area contributed by atoms with Gasteiger partial charge in [0, 0.05) is 17.0 Å². The SMILES string of the molecule is CC(N)C1(c2cc(F)cc(Br)c2OC2CCC2)CC1. The van der Waals surface area contributed by atoms with Gasteiger partial charge in [0.2, 0.25) is 0 Å². The third-order valence-electron chi connectivity index (χ3n) is 4.54. The summed E-state index contributed by atoms with van der Waals surface area (Å²) in [5.41, 5.74) is 6.97. The van der Waals surface area contributed by atoms with Crippen LogP contribution in [0.5, 0.6) is 5.75 Å². The van der Waals surface area contributed by atoms with E-state index in [0.29, 0.717) is 4.47 Å². The summed E-state index contributed by atoms with van der Waals surface area (Å²) in [6.07, 6.45) is 5.72. The van der Waals surface area contributed by atoms with Crippen LogP contribution in [-0.2, 0) is 5.41 Å². The second kappa shape index (κ2) is 4.74. The summed E-state index contributed by atoms with van der Waals surface area (Å²) in [5, 5.41) is 0. The molecule has 0 saturated heterocycles. The highest BCUT2D eigenvalue weighted by atomic mass is 79.9. The first-order valence-corrected chi connectivity index (χ1v) is 7.74. The molecule has 19 heavy (non-hydrogen) atoms. The smallest absolute Gasteiger partial charge is 0.137 e. The molecule has 1 aromatic carbocycles. The van der Waals surface area contributed by atoms with Crippen LogP contribution in [0.15, 0.2) is 16.6 Å². The van der Waals surface area contributed by atoms with Crippen LogP contribution in [-0.4, -0.2) is 12.1 Å².